The Morgan fingerprint density at radius 1 is 0.971 bits per heavy atom. The molecule has 5 rings (SSSR count). The van der Waals surface area contributed by atoms with Crippen LogP contribution in [0, 0.1) is 0 Å². The summed E-state index contributed by atoms with van der Waals surface area (Å²) in [5.74, 6) is -0.672. The first-order valence-electron chi connectivity index (χ1n) is 10.3. The maximum Gasteiger partial charge on any atom is 0.248 e. The van der Waals surface area contributed by atoms with Crippen molar-refractivity contribution in [2.45, 2.75) is 4.90 Å². The van der Waals surface area contributed by atoms with E-state index in [0.717, 1.165) is 0 Å². The first kappa shape index (κ1) is 22.2. The molecule has 10 nitrogen and oxygen atoms in total. The molecule has 0 atom stereocenters. The SMILES string of the molecule is NC(=O)c1cccc(-n2cnc3cnc(-c4ccc(-c5ccncc5S(N)(=O)=O)cc4)c(O)c32)c1. The minimum atomic E-state index is -3.96. The number of imidazole rings is 1. The smallest absolute Gasteiger partial charge is 0.248 e. The fourth-order valence-corrected chi connectivity index (χ4v) is 4.56. The molecule has 3 heterocycles. The Bertz CT molecular complexity index is 1710. The van der Waals surface area contributed by atoms with Crippen LogP contribution in [0.1, 0.15) is 10.4 Å². The van der Waals surface area contributed by atoms with Crippen LogP contribution in [0.3, 0.4) is 0 Å². The summed E-state index contributed by atoms with van der Waals surface area (Å²) in [6, 6.07) is 15.1. The molecule has 0 radical (unpaired) electrons. The topological polar surface area (TPSA) is 167 Å². The van der Waals surface area contributed by atoms with E-state index in [2.05, 4.69) is 15.0 Å². The zero-order valence-corrected chi connectivity index (χ0v) is 18.8. The normalized spacial score (nSPS) is 11.6. The van der Waals surface area contributed by atoms with Crippen molar-refractivity contribution in [2.75, 3.05) is 0 Å². The number of primary amides is 1. The Morgan fingerprint density at radius 2 is 1.71 bits per heavy atom. The van der Waals surface area contributed by atoms with Crippen molar-refractivity contribution >= 4 is 27.0 Å². The summed E-state index contributed by atoms with van der Waals surface area (Å²) in [7, 11) is -3.96. The summed E-state index contributed by atoms with van der Waals surface area (Å²) in [4.78, 5) is 24.0. The summed E-state index contributed by atoms with van der Waals surface area (Å²) >= 11 is 0. The Labute approximate surface area is 199 Å². The third-order valence-corrected chi connectivity index (χ3v) is 6.47. The first-order chi connectivity index (χ1) is 16.7. The third-order valence-electron chi connectivity index (χ3n) is 5.53. The summed E-state index contributed by atoms with van der Waals surface area (Å²) < 4.78 is 25.5. The van der Waals surface area contributed by atoms with E-state index in [1.165, 1.54) is 24.9 Å². The van der Waals surface area contributed by atoms with Crippen molar-refractivity contribution in [3.05, 3.63) is 85.1 Å². The molecule has 0 fully saturated rings. The van der Waals surface area contributed by atoms with Gasteiger partial charge in [-0.05, 0) is 29.8 Å². The number of carbonyl (C=O) groups is 1. The minimum Gasteiger partial charge on any atom is -0.504 e. The van der Waals surface area contributed by atoms with Gasteiger partial charge in [-0.3, -0.25) is 14.3 Å². The maximum absolute atomic E-state index is 11.9. The van der Waals surface area contributed by atoms with Gasteiger partial charge >= 0.3 is 0 Å². The second-order valence-corrected chi connectivity index (χ2v) is 9.24. The lowest BCUT2D eigenvalue weighted by Gasteiger charge is -2.11. The number of sulfonamides is 1. The van der Waals surface area contributed by atoms with Gasteiger partial charge in [0.25, 0.3) is 0 Å². The van der Waals surface area contributed by atoms with Gasteiger partial charge in [0.1, 0.15) is 28.0 Å². The molecule has 2 aromatic carbocycles. The Morgan fingerprint density at radius 3 is 2.43 bits per heavy atom. The summed E-state index contributed by atoms with van der Waals surface area (Å²) in [5, 5.41) is 16.5. The van der Waals surface area contributed by atoms with Gasteiger partial charge < -0.3 is 10.8 Å². The molecule has 5 N–H and O–H groups in total. The lowest BCUT2D eigenvalue weighted by Crippen LogP contribution is -2.13. The highest BCUT2D eigenvalue weighted by Gasteiger charge is 2.18. The first-order valence-corrected chi connectivity index (χ1v) is 11.8. The number of benzene rings is 2. The third kappa shape index (κ3) is 3.98. The second-order valence-electron chi connectivity index (χ2n) is 7.71. The average Bonchev–Trinajstić information content (AvgIpc) is 3.29. The number of nitrogens with two attached hydrogens (primary N) is 2. The van der Waals surface area contributed by atoms with Gasteiger partial charge in [0, 0.05) is 34.8 Å². The van der Waals surface area contributed by atoms with Gasteiger partial charge in [-0.1, -0.05) is 30.3 Å². The van der Waals surface area contributed by atoms with Crippen LogP contribution < -0.4 is 10.9 Å². The number of carbonyl (C=O) groups excluding carboxylic acids is 1. The molecule has 11 heteroatoms. The molecule has 5 aromatic rings. The molecule has 0 bridgehead atoms. The van der Waals surface area contributed by atoms with Crippen molar-refractivity contribution in [2.24, 2.45) is 10.9 Å². The standard InChI is InChI=1S/C24H18N6O4S/c25-24(32)16-2-1-3-17(10-16)30-13-29-19-11-28-21(23(31)22(19)30)15-6-4-14(5-7-15)18-8-9-27-12-20(18)35(26,33)34/h1-13,31H,(H2,25,32)(H2,26,33,34). The molecule has 0 saturated heterocycles. The predicted molar refractivity (Wildman–Crippen MR) is 129 cm³/mol. The molecule has 174 valence electrons. The highest BCUT2D eigenvalue weighted by molar-refractivity contribution is 7.89. The van der Waals surface area contributed by atoms with E-state index in [9.17, 15) is 18.3 Å². The molecule has 3 aromatic heterocycles. The van der Waals surface area contributed by atoms with E-state index in [4.69, 9.17) is 10.9 Å². The summed E-state index contributed by atoms with van der Waals surface area (Å²) in [6.07, 6.45) is 5.74. The van der Waals surface area contributed by atoms with E-state index in [1.807, 2.05) is 0 Å². The molecule has 0 aliphatic heterocycles. The van der Waals surface area contributed by atoms with Crippen molar-refractivity contribution in [3.63, 3.8) is 0 Å². The Kier molecular flexibility index (Phi) is 5.27. The highest BCUT2D eigenvalue weighted by Crippen LogP contribution is 2.36. The van der Waals surface area contributed by atoms with Crippen LogP contribution in [0.5, 0.6) is 5.75 Å². The van der Waals surface area contributed by atoms with E-state index in [1.54, 1.807) is 59.2 Å². The minimum absolute atomic E-state index is 0.0859. The number of aromatic nitrogens is 4. The molecule has 0 unspecified atom stereocenters. The number of nitrogens with zero attached hydrogens (tertiary/aromatic N) is 4. The number of hydrogen-bond donors (Lipinski definition) is 3. The summed E-state index contributed by atoms with van der Waals surface area (Å²) in [5.41, 5.74) is 9.10. The van der Waals surface area contributed by atoms with E-state index in [0.29, 0.717) is 44.7 Å². The molecule has 35 heavy (non-hydrogen) atoms. The van der Waals surface area contributed by atoms with Gasteiger partial charge in [-0.2, -0.15) is 0 Å². The number of hydrogen-bond acceptors (Lipinski definition) is 7. The Hall–Kier alpha value is -4.61. The highest BCUT2D eigenvalue weighted by atomic mass is 32.2. The number of aromatic hydroxyl groups is 1. The second kappa shape index (κ2) is 8.31. The van der Waals surface area contributed by atoms with Crippen molar-refractivity contribution in [3.8, 4) is 33.8 Å². The van der Waals surface area contributed by atoms with E-state index < -0.39 is 15.9 Å². The summed E-state index contributed by atoms with van der Waals surface area (Å²) in [6.45, 7) is 0. The molecule has 0 aliphatic carbocycles. The largest absolute Gasteiger partial charge is 0.504 e. The van der Waals surface area contributed by atoms with Crippen LogP contribution >= 0.6 is 0 Å². The fourth-order valence-electron chi connectivity index (χ4n) is 3.86. The Balaban J connectivity index is 1.59. The van der Waals surface area contributed by atoms with Gasteiger partial charge in [0.2, 0.25) is 15.9 Å². The quantitative estimate of drug-likeness (QED) is 0.343. The molecule has 1 amide bonds. The van der Waals surface area contributed by atoms with Gasteiger partial charge in [0.15, 0.2) is 5.75 Å². The maximum atomic E-state index is 11.9. The molecule has 0 aliphatic rings. The monoisotopic (exact) mass is 486 g/mol. The predicted octanol–water partition coefficient (Wildman–Crippen LogP) is 2.60. The lowest BCUT2D eigenvalue weighted by molar-refractivity contribution is 0.1000. The zero-order chi connectivity index (χ0) is 24.7. The molecular formula is C24H18N6O4S. The average molecular weight is 487 g/mol. The fraction of sp³-hybridized carbons (Fsp3) is 0. The lowest BCUT2D eigenvalue weighted by atomic mass is 10.0. The zero-order valence-electron chi connectivity index (χ0n) is 18.0. The number of amides is 1. The van der Waals surface area contributed by atoms with Crippen LogP contribution in [0.2, 0.25) is 0 Å². The van der Waals surface area contributed by atoms with Crippen LogP contribution in [0.15, 0.2) is 84.4 Å². The van der Waals surface area contributed by atoms with Gasteiger partial charge in [0.05, 0.1) is 6.20 Å². The number of rotatable bonds is 5. The number of fused-ring (bicyclic) bond motifs is 1. The van der Waals surface area contributed by atoms with Crippen LogP contribution in [0.25, 0.3) is 39.1 Å². The van der Waals surface area contributed by atoms with Crippen molar-refractivity contribution in [1.29, 1.82) is 0 Å². The number of pyridine rings is 2. The molecule has 0 spiro atoms. The van der Waals surface area contributed by atoms with Crippen LogP contribution in [-0.2, 0) is 10.0 Å². The van der Waals surface area contributed by atoms with Crippen LogP contribution in [-0.4, -0.2) is 39.0 Å². The van der Waals surface area contributed by atoms with E-state index >= 15 is 0 Å². The van der Waals surface area contributed by atoms with E-state index in [-0.39, 0.29) is 10.6 Å². The van der Waals surface area contributed by atoms with Gasteiger partial charge in [-0.25, -0.2) is 23.5 Å². The molecule has 0 saturated carbocycles. The van der Waals surface area contributed by atoms with Crippen molar-refractivity contribution in [1.82, 2.24) is 19.5 Å². The van der Waals surface area contributed by atoms with Crippen LogP contribution in [0.4, 0.5) is 0 Å². The van der Waals surface area contributed by atoms with Gasteiger partial charge in [-0.15, -0.1) is 0 Å². The van der Waals surface area contributed by atoms with Crippen molar-refractivity contribution < 1.29 is 18.3 Å². The molecular weight excluding hydrogens is 468 g/mol. The number of primary sulfonamides is 1.